The Labute approximate surface area is 249 Å². The average Bonchev–Trinajstić information content (AvgIpc) is 2.94. The van der Waals surface area contributed by atoms with Gasteiger partial charge in [-0.25, -0.2) is 13.4 Å². The van der Waals surface area contributed by atoms with E-state index in [0.29, 0.717) is 12.4 Å². The SMILES string of the molecule is COCc1cccc(Oc2c(NS(=O)(=O)c3ccc(C(C)(C)C)cc3)ncnc2OCCOC(=O)CCCO[N+](=O)[O-])c1. The summed E-state index contributed by atoms with van der Waals surface area (Å²) in [5.74, 6) is -0.661. The molecule has 0 atom stereocenters. The summed E-state index contributed by atoms with van der Waals surface area (Å²) < 4.78 is 51.0. The molecule has 0 aliphatic heterocycles. The summed E-state index contributed by atoms with van der Waals surface area (Å²) in [5.41, 5.74) is 1.61. The van der Waals surface area contributed by atoms with Crippen LogP contribution in [0, 0.1) is 10.1 Å². The minimum absolute atomic E-state index is 0.0187. The van der Waals surface area contributed by atoms with Gasteiger partial charge in [0.1, 0.15) is 25.3 Å². The van der Waals surface area contributed by atoms with Crippen LogP contribution in [0.5, 0.6) is 17.4 Å². The van der Waals surface area contributed by atoms with Crippen LogP contribution in [-0.4, -0.2) is 56.4 Å². The van der Waals surface area contributed by atoms with Crippen molar-refractivity contribution in [2.45, 2.75) is 50.5 Å². The predicted octanol–water partition coefficient (Wildman–Crippen LogP) is 4.42. The Balaban J connectivity index is 1.80. The molecule has 0 amide bonds. The molecule has 0 spiro atoms. The highest BCUT2D eigenvalue weighted by molar-refractivity contribution is 7.92. The number of benzene rings is 2. The summed E-state index contributed by atoms with van der Waals surface area (Å²) in [4.78, 5) is 34.4. The number of rotatable bonds is 16. The molecule has 2 aromatic carbocycles. The molecule has 0 saturated heterocycles. The molecule has 1 heterocycles. The van der Waals surface area contributed by atoms with Gasteiger partial charge in [0.15, 0.2) is 5.82 Å². The molecular formula is C28H34N4O10S. The number of hydrogen-bond acceptors (Lipinski definition) is 12. The first-order chi connectivity index (χ1) is 20.4. The van der Waals surface area contributed by atoms with Gasteiger partial charge in [-0.15, -0.1) is 10.1 Å². The fourth-order valence-corrected chi connectivity index (χ4v) is 4.66. The number of carbonyl (C=O) groups excluding carboxylic acids is 1. The number of ether oxygens (including phenoxy) is 4. The molecule has 0 unspecified atom stereocenters. The number of aromatic nitrogens is 2. The van der Waals surface area contributed by atoms with Crippen LogP contribution in [0.25, 0.3) is 0 Å². The fourth-order valence-electron chi connectivity index (χ4n) is 3.65. The van der Waals surface area contributed by atoms with Crippen molar-refractivity contribution < 1.29 is 42.1 Å². The molecule has 3 rings (SSSR count). The van der Waals surface area contributed by atoms with E-state index >= 15 is 0 Å². The van der Waals surface area contributed by atoms with Crippen molar-refractivity contribution in [2.75, 3.05) is 31.7 Å². The molecule has 1 aromatic heterocycles. The van der Waals surface area contributed by atoms with Crippen LogP contribution in [0.4, 0.5) is 5.82 Å². The van der Waals surface area contributed by atoms with Crippen molar-refractivity contribution in [2.24, 2.45) is 0 Å². The van der Waals surface area contributed by atoms with Gasteiger partial charge >= 0.3 is 5.97 Å². The van der Waals surface area contributed by atoms with E-state index in [1.165, 1.54) is 12.1 Å². The zero-order valence-corrected chi connectivity index (χ0v) is 25.1. The molecule has 0 fully saturated rings. The first-order valence-corrected chi connectivity index (χ1v) is 14.7. The van der Waals surface area contributed by atoms with Crippen LogP contribution in [0.3, 0.4) is 0 Å². The molecule has 1 N–H and O–H groups in total. The molecule has 14 nitrogen and oxygen atoms in total. The third-order valence-electron chi connectivity index (χ3n) is 5.77. The van der Waals surface area contributed by atoms with E-state index in [9.17, 15) is 23.3 Å². The topological polar surface area (TPSA) is 178 Å². The third kappa shape index (κ3) is 10.4. The standard InChI is InChI=1S/C28H34N4O10S/c1-28(2,3)21-10-12-23(13-11-21)43(36,37)31-26-25(42-22-8-5-7-20(17-22)18-38-4)27(30-19-29-26)40-16-15-39-24(33)9-6-14-41-32(34)35/h5,7-8,10-13,17,19H,6,9,14-16,18H2,1-4H3,(H,29,30,31). The molecule has 3 aromatic rings. The Kier molecular flexibility index (Phi) is 11.6. The zero-order valence-electron chi connectivity index (χ0n) is 24.3. The lowest BCUT2D eigenvalue weighted by atomic mass is 9.87. The monoisotopic (exact) mass is 618 g/mol. The summed E-state index contributed by atoms with van der Waals surface area (Å²) >= 11 is 0. The van der Waals surface area contributed by atoms with E-state index < -0.39 is 21.1 Å². The lowest BCUT2D eigenvalue weighted by Crippen LogP contribution is -2.17. The van der Waals surface area contributed by atoms with Gasteiger partial charge in [-0.2, -0.15) is 4.98 Å². The molecular weight excluding hydrogens is 584 g/mol. The maximum absolute atomic E-state index is 13.3. The van der Waals surface area contributed by atoms with E-state index in [4.69, 9.17) is 18.9 Å². The minimum Gasteiger partial charge on any atom is -0.471 e. The van der Waals surface area contributed by atoms with Gasteiger partial charge in [0.2, 0.25) is 5.75 Å². The van der Waals surface area contributed by atoms with Crippen LogP contribution >= 0.6 is 0 Å². The highest BCUT2D eigenvalue weighted by atomic mass is 32.2. The molecule has 43 heavy (non-hydrogen) atoms. The van der Waals surface area contributed by atoms with E-state index in [2.05, 4.69) is 19.5 Å². The predicted molar refractivity (Wildman–Crippen MR) is 154 cm³/mol. The number of nitrogens with zero attached hydrogens (tertiary/aromatic N) is 3. The van der Waals surface area contributed by atoms with Crippen molar-refractivity contribution in [3.8, 4) is 17.4 Å². The number of nitrogens with one attached hydrogen (secondary N) is 1. The van der Waals surface area contributed by atoms with Gasteiger partial charge in [0, 0.05) is 13.5 Å². The highest BCUT2D eigenvalue weighted by Gasteiger charge is 2.23. The van der Waals surface area contributed by atoms with Gasteiger partial charge in [-0.1, -0.05) is 45.0 Å². The van der Waals surface area contributed by atoms with Gasteiger partial charge in [0.05, 0.1) is 18.1 Å². The van der Waals surface area contributed by atoms with Gasteiger partial charge in [-0.3, -0.25) is 9.52 Å². The van der Waals surface area contributed by atoms with Crippen LogP contribution in [0.15, 0.2) is 59.8 Å². The maximum Gasteiger partial charge on any atom is 0.305 e. The number of methoxy groups -OCH3 is 1. The second-order valence-electron chi connectivity index (χ2n) is 10.1. The van der Waals surface area contributed by atoms with Crippen LogP contribution < -0.4 is 14.2 Å². The molecule has 0 radical (unpaired) electrons. The molecule has 0 aliphatic rings. The van der Waals surface area contributed by atoms with Crippen LogP contribution in [0.1, 0.15) is 44.7 Å². The summed E-state index contributed by atoms with van der Waals surface area (Å²) in [7, 11) is -2.54. The van der Waals surface area contributed by atoms with E-state index in [1.807, 2.05) is 26.8 Å². The number of sulfonamides is 1. The van der Waals surface area contributed by atoms with Crippen molar-refractivity contribution in [3.63, 3.8) is 0 Å². The molecule has 0 bridgehead atoms. The van der Waals surface area contributed by atoms with E-state index in [-0.39, 0.29) is 60.4 Å². The lowest BCUT2D eigenvalue weighted by Gasteiger charge is -2.19. The largest absolute Gasteiger partial charge is 0.471 e. The fraction of sp³-hybridized carbons (Fsp3) is 0.393. The van der Waals surface area contributed by atoms with Gasteiger partial charge < -0.3 is 23.8 Å². The normalized spacial score (nSPS) is 11.4. The number of esters is 1. The average molecular weight is 619 g/mol. The highest BCUT2D eigenvalue weighted by Crippen LogP contribution is 2.37. The summed E-state index contributed by atoms with van der Waals surface area (Å²) in [6.45, 7) is 5.83. The summed E-state index contributed by atoms with van der Waals surface area (Å²) in [5, 5.41) is 9.24. The maximum atomic E-state index is 13.3. The third-order valence-corrected chi connectivity index (χ3v) is 7.12. The molecule has 0 saturated carbocycles. The second-order valence-corrected chi connectivity index (χ2v) is 11.8. The van der Waals surface area contributed by atoms with Crippen LogP contribution in [-0.2, 0) is 41.2 Å². The Hall–Kier alpha value is -4.50. The van der Waals surface area contributed by atoms with Crippen molar-refractivity contribution >= 4 is 21.8 Å². The Morgan fingerprint density at radius 2 is 1.79 bits per heavy atom. The second kappa shape index (κ2) is 15.1. The van der Waals surface area contributed by atoms with Crippen LogP contribution in [0.2, 0.25) is 0 Å². The molecule has 15 heteroatoms. The van der Waals surface area contributed by atoms with Crippen molar-refractivity contribution in [1.29, 1.82) is 0 Å². The Bertz CT molecular complexity index is 1490. The summed E-state index contributed by atoms with van der Waals surface area (Å²) in [6, 6.07) is 13.4. The minimum atomic E-state index is -4.09. The molecule has 0 aliphatic carbocycles. The number of hydrogen-bond donors (Lipinski definition) is 1. The molecule has 232 valence electrons. The van der Waals surface area contributed by atoms with Gasteiger partial charge in [0.25, 0.3) is 21.0 Å². The van der Waals surface area contributed by atoms with Crippen molar-refractivity contribution in [3.05, 3.63) is 76.1 Å². The lowest BCUT2D eigenvalue weighted by molar-refractivity contribution is -0.757. The zero-order chi connectivity index (χ0) is 31.5. The Morgan fingerprint density at radius 3 is 2.47 bits per heavy atom. The first-order valence-electron chi connectivity index (χ1n) is 13.2. The van der Waals surface area contributed by atoms with E-state index in [0.717, 1.165) is 17.5 Å². The Morgan fingerprint density at radius 1 is 1.05 bits per heavy atom. The van der Waals surface area contributed by atoms with E-state index in [1.54, 1.807) is 37.4 Å². The summed E-state index contributed by atoms with van der Waals surface area (Å²) in [6.07, 6.45) is 1.12. The number of anilines is 1. The van der Waals surface area contributed by atoms with Gasteiger partial charge in [-0.05, 0) is 47.2 Å². The quantitative estimate of drug-likeness (QED) is 0.104. The smallest absolute Gasteiger partial charge is 0.305 e. The van der Waals surface area contributed by atoms with Crippen molar-refractivity contribution in [1.82, 2.24) is 9.97 Å². The first kappa shape index (κ1) is 33.0. The number of carbonyl (C=O) groups is 1.